The van der Waals surface area contributed by atoms with Gasteiger partial charge in [0.1, 0.15) is 0 Å². The summed E-state index contributed by atoms with van der Waals surface area (Å²) in [5, 5.41) is 2.10. The van der Waals surface area contributed by atoms with Crippen LogP contribution in [-0.4, -0.2) is 17.4 Å². The largest absolute Gasteiger partial charge is 0.334 e. The third kappa shape index (κ3) is 2.30. The number of nitrogens with zero attached hydrogens (tertiary/aromatic N) is 1. The van der Waals surface area contributed by atoms with Gasteiger partial charge < -0.3 is 10.3 Å². The molecule has 0 fully saturated rings. The average Bonchev–Trinajstić information content (AvgIpc) is 2.93. The number of fused-ring (bicyclic) bond motifs is 1. The first-order valence-corrected chi connectivity index (χ1v) is 7.49. The van der Waals surface area contributed by atoms with E-state index in [1.807, 2.05) is 30.0 Å². The van der Waals surface area contributed by atoms with E-state index in [0.717, 1.165) is 29.8 Å². The number of carbonyl (C=O) groups is 1. The molecule has 0 aliphatic carbocycles. The van der Waals surface area contributed by atoms with Crippen LogP contribution in [0.25, 0.3) is 0 Å². The monoisotopic (exact) mass is 287 g/mol. The van der Waals surface area contributed by atoms with Crippen LogP contribution in [0.5, 0.6) is 0 Å². The Morgan fingerprint density at radius 1 is 1.40 bits per heavy atom. The van der Waals surface area contributed by atoms with E-state index in [1.54, 1.807) is 11.3 Å². The predicted octanol–water partition coefficient (Wildman–Crippen LogP) is 2.54. The molecule has 0 atom stereocenters. The summed E-state index contributed by atoms with van der Waals surface area (Å²) in [7, 11) is 0. The highest BCUT2D eigenvalue weighted by Gasteiger charge is 2.22. The molecule has 5 heteroatoms. The zero-order valence-electron chi connectivity index (χ0n) is 11.3. The Morgan fingerprint density at radius 3 is 3.00 bits per heavy atom. The molecule has 0 unspecified atom stereocenters. The zero-order chi connectivity index (χ0) is 14.1. The minimum absolute atomic E-state index is 0.0912. The van der Waals surface area contributed by atoms with Gasteiger partial charge in [-0.15, -0.1) is 11.3 Å². The van der Waals surface area contributed by atoms with Crippen molar-refractivity contribution in [3.63, 3.8) is 0 Å². The second kappa shape index (κ2) is 5.26. The van der Waals surface area contributed by atoms with Gasteiger partial charge in [-0.3, -0.25) is 10.6 Å². The van der Waals surface area contributed by atoms with E-state index in [-0.39, 0.29) is 5.91 Å². The number of nitrogens with two attached hydrogens (primary N) is 1. The molecular weight excluding hydrogens is 270 g/mol. The number of nitrogen functional groups attached to an aromatic ring is 1. The van der Waals surface area contributed by atoms with Gasteiger partial charge in [-0.25, -0.2) is 0 Å². The van der Waals surface area contributed by atoms with Crippen molar-refractivity contribution in [1.82, 2.24) is 4.90 Å². The van der Waals surface area contributed by atoms with E-state index in [9.17, 15) is 4.79 Å². The summed E-state index contributed by atoms with van der Waals surface area (Å²) in [5.41, 5.74) is 6.46. The molecule has 0 saturated heterocycles. The third-order valence-corrected chi connectivity index (χ3v) is 4.75. The van der Waals surface area contributed by atoms with Crippen molar-refractivity contribution in [2.24, 2.45) is 5.84 Å². The molecule has 0 bridgehead atoms. The summed E-state index contributed by atoms with van der Waals surface area (Å²) in [4.78, 5) is 15.9. The van der Waals surface area contributed by atoms with Crippen molar-refractivity contribution in [2.75, 3.05) is 12.0 Å². The summed E-state index contributed by atoms with van der Waals surface area (Å²) < 4.78 is 0. The van der Waals surface area contributed by atoms with Gasteiger partial charge in [-0.05, 0) is 54.1 Å². The molecule has 3 N–H and O–H groups in total. The van der Waals surface area contributed by atoms with Gasteiger partial charge in [0.15, 0.2) is 0 Å². The van der Waals surface area contributed by atoms with E-state index in [2.05, 4.69) is 16.9 Å². The number of amides is 1. The van der Waals surface area contributed by atoms with Crippen LogP contribution in [-0.2, 0) is 13.0 Å². The fraction of sp³-hybridized carbons (Fsp3) is 0.267. The summed E-state index contributed by atoms with van der Waals surface area (Å²) in [6.45, 7) is 3.45. The van der Waals surface area contributed by atoms with E-state index in [0.29, 0.717) is 6.54 Å². The summed E-state index contributed by atoms with van der Waals surface area (Å²) >= 11 is 1.78. The van der Waals surface area contributed by atoms with Crippen LogP contribution in [0.2, 0.25) is 0 Å². The molecule has 104 valence electrons. The summed E-state index contributed by atoms with van der Waals surface area (Å²) in [6, 6.07) is 7.68. The Labute approximate surface area is 122 Å². The maximum absolute atomic E-state index is 12.6. The van der Waals surface area contributed by atoms with Crippen LogP contribution >= 0.6 is 11.3 Å². The minimum Gasteiger partial charge on any atom is -0.334 e. The van der Waals surface area contributed by atoms with Gasteiger partial charge in [-0.1, -0.05) is 0 Å². The minimum atomic E-state index is 0.0912. The predicted molar refractivity (Wildman–Crippen MR) is 81.8 cm³/mol. The molecule has 2 heterocycles. The lowest BCUT2D eigenvalue weighted by molar-refractivity contribution is 0.0736. The number of rotatable bonds is 2. The first kappa shape index (κ1) is 13.1. The Morgan fingerprint density at radius 2 is 2.25 bits per heavy atom. The van der Waals surface area contributed by atoms with Crippen LogP contribution in [0.4, 0.5) is 5.69 Å². The fourth-order valence-electron chi connectivity index (χ4n) is 2.56. The molecule has 1 amide bonds. The van der Waals surface area contributed by atoms with Gasteiger partial charge >= 0.3 is 0 Å². The molecule has 1 aliphatic rings. The molecule has 20 heavy (non-hydrogen) atoms. The van der Waals surface area contributed by atoms with Crippen molar-refractivity contribution in [3.05, 3.63) is 51.2 Å². The van der Waals surface area contributed by atoms with Crippen LogP contribution < -0.4 is 11.3 Å². The van der Waals surface area contributed by atoms with Crippen molar-refractivity contribution in [3.8, 4) is 0 Å². The van der Waals surface area contributed by atoms with E-state index >= 15 is 0 Å². The Balaban J connectivity index is 1.81. The highest BCUT2D eigenvalue weighted by atomic mass is 32.1. The lowest BCUT2D eigenvalue weighted by atomic mass is 10.1. The maximum Gasteiger partial charge on any atom is 0.254 e. The van der Waals surface area contributed by atoms with Crippen molar-refractivity contribution in [1.29, 1.82) is 0 Å². The number of nitrogens with one attached hydrogen (secondary N) is 1. The lowest BCUT2D eigenvalue weighted by Crippen LogP contribution is -2.35. The topological polar surface area (TPSA) is 58.4 Å². The van der Waals surface area contributed by atoms with Gasteiger partial charge in [0.25, 0.3) is 5.91 Å². The van der Waals surface area contributed by atoms with Crippen LogP contribution in [0.1, 0.15) is 26.4 Å². The molecule has 0 radical (unpaired) electrons. The van der Waals surface area contributed by atoms with E-state index in [4.69, 9.17) is 5.84 Å². The van der Waals surface area contributed by atoms with Gasteiger partial charge in [-0.2, -0.15) is 0 Å². The van der Waals surface area contributed by atoms with E-state index in [1.165, 1.54) is 10.4 Å². The van der Waals surface area contributed by atoms with Crippen LogP contribution in [0, 0.1) is 6.92 Å². The average molecular weight is 287 g/mol. The first-order valence-electron chi connectivity index (χ1n) is 6.61. The second-order valence-corrected chi connectivity index (χ2v) is 6.02. The third-order valence-electron chi connectivity index (χ3n) is 3.72. The lowest BCUT2D eigenvalue weighted by Gasteiger charge is -2.27. The SMILES string of the molecule is Cc1cc(C(=O)N2CCc3sccc3C2)ccc1NN. The number of benzene rings is 1. The number of anilines is 1. The molecule has 3 rings (SSSR count). The van der Waals surface area contributed by atoms with Crippen molar-refractivity contribution in [2.45, 2.75) is 19.9 Å². The molecule has 0 spiro atoms. The quantitative estimate of drug-likeness (QED) is 0.659. The highest BCUT2D eigenvalue weighted by molar-refractivity contribution is 7.10. The Bertz CT molecular complexity index is 650. The number of carbonyl (C=O) groups excluding carboxylic acids is 1. The highest BCUT2D eigenvalue weighted by Crippen LogP contribution is 2.25. The van der Waals surface area contributed by atoms with Crippen molar-refractivity contribution < 1.29 is 4.79 Å². The molecule has 0 saturated carbocycles. The van der Waals surface area contributed by atoms with Gasteiger partial charge in [0.2, 0.25) is 0 Å². The smallest absolute Gasteiger partial charge is 0.254 e. The van der Waals surface area contributed by atoms with E-state index < -0.39 is 0 Å². The van der Waals surface area contributed by atoms with Gasteiger partial charge in [0.05, 0.1) is 5.69 Å². The number of hydrogen-bond acceptors (Lipinski definition) is 4. The number of aryl methyl sites for hydroxylation is 1. The van der Waals surface area contributed by atoms with Crippen LogP contribution in [0.15, 0.2) is 29.6 Å². The van der Waals surface area contributed by atoms with Crippen LogP contribution in [0.3, 0.4) is 0 Å². The normalized spacial score (nSPS) is 14.0. The maximum atomic E-state index is 12.6. The van der Waals surface area contributed by atoms with Crippen molar-refractivity contribution >= 4 is 22.9 Å². The molecule has 1 aromatic heterocycles. The number of hydrazine groups is 1. The fourth-order valence-corrected chi connectivity index (χ4v) is 3.45. The molecular formula is C15H17N3OS. The summed E-state index contributed by atoms with van der Waals surface area (Å²) in [5.74, 6) is 5.51. The summed E-state index contributed by atoms with van der Waals surface area (Å²) in [6.07, 6.45) is 0.958. The number of thiophene rings is 1. The standard InChI is InChI=1S/C15H17N3OS/c1-10-8-11(2-3-13(10)17-16)15(19)18-6-4-14-12(9-18)5-7-20-14/h2-3,5,7-8,17H,4,6,9,16H2,1H3. The molecule has 1 aliphatic heterocycles. The molecule has 1 aromatic carbocycles. The number of hydrogen-bond donors (Lipinski definition) is 2. The zero-order valence-corrected chi connectivity index (χ0v) is 12.2. The Kier molecular flexibility index (Phi) is 3.46. The second-order valence-electron chi connectivity index (χ2n) is 5.02. The molecule has 4 nitrogen and oxygen atoms in total. The molecule has 2 aromatic rings. The first-order chi connectivity index (χ1) is 9.69. The van der Waals surface area contributed by atoms with Gasteiger partial charge in [0, 0.05) is 23.5 Å². The Hall–Kier alpha value is -1.85.